The van der Waals surface area contributed by atoms with E-state index in [4.69, 9.17) is 15.2 Å². The maximum absolute atomic E-state index is 12.2. The van der Waals surface area contributed by atoms with Gasteiger partial charge in [0.05, 0.1) is 38.5 Å². The van der Waals surface area contributed by atoms with Crippen LogP contribution in [0.15, 0.2) is 12.1 Å². The van der Waals surface area contributed by atoms with Gasteiger partial charge >= 0.3 is 0 Å². The van der Waals surface area contributed by atoms with E-state index in [1.54, 1.807) is 0 Å². The number of carbonyl (C=O) groups is 1. The number of methoxy groups -OCH3 is 2. The molecule has 7 nitrogen and oxygen atoms in total. The SMILES string of the molecule is COc1cc(N)c(C(=O)NC(C)(CO)CO)cc1OC. The molecule has 5 N–H and O–H groups in total. The quantitative estimate of drug-likeness (QED) is 0.536. The minimum Gasteiger partial charge on any atom is -0.493 e. The Morgan fingerprint density at radius 1 is 1.25 bits per heavy atom. The zero-order chi connectivity index (χ0) is 15.3. The monoisotopic (exact) mass is 284 g/mol. The molecule has 0 heterocycles. The van der Waals surface area contributed by atoms with Gasteiger partial charge in [0.1, 0.15) is 0 Å². The highest BCUT2D eigenvalue weighted by molar-refractivity contribution is 6.00. The highest BCUT2D eigenvalue weighted by atomic mass is 16.5. The fourth-order valence-electron chi connectivity index (χ4n) is 1.56. The first-order chi connectivity index (χ1) is 9.40. The first kappa shape index (κ1) is 16.1. The highest BCUT2D eigenvalue weighted by Crippen LogP contribution is 2.32. The van der Waals surface area contributed by atoms with Crippen molar-refractivity contribution in [2.45, 2.75) is 12.5 Å². The maximum Gasteiger partial charge on any atom is 0.254 e. The lowest BCUT2D eigenvalue weighted by molar-refractivity contribution is 0.0724. The standard InChI is InChI=1S/C13H20N2O5/c1-13(6-16,7-17)15-12(18)8-4-10(19-2)11(20-3)5-9(8)14/h4-5,16-17H,6-7,14H2,1-3H3,(H,15,18). The average molecular weight is 284 g/mol. The summed E-state index contributed by atoms with van der Waals surface area (Å²) in [6, 6.07) is 2.92. The van der Waals surface area contributed by atoms with Crippen LogP contribution in [0.5, 0.6) is 11.5 Å². The summed E-state index contributed by atoms with van der Waals surface area (Å²) in [5.74, 6) is 0.254. The number of aliphatic hydroxyl groups is 2. The Morgan fingerprint density at radius 3 is 2.20 bits per heavy atom. The summed E-state index contributed by atoms with van der Waals surface area (Å²) < 4.78 is 10.2. The Balaban J connectivity index is 3.10. The number of ether oxygens (including phenoxy) is 2. The van der Waals surface area contributed by atoms with Crippen LogP contribution in [-0.2, 0) is 0 Å². The van der Waals surface area contributed by atoms with Gasteiger partial charge in [-0.05, 0) is 13.0 Å². The van der Waals surface area contributed by atoms with Crippen molar-refractivity contribution in [1.82, 2.24) is 5.32 Å². The van der Waals surface area contributed by atoms with E-state index in [2.05, 4.69) is 5.32 Å². The molecule has 0 saturated carbocycles. The van der Waals surface area contributed by atoms with Crippen molar-refractivity contribution in [2.24, 2.45) is 0 Å². The van der Waals surface area contributed by atoms with Crippen LogP contribution < -0.4 is 20.5 Å². The molecule has 1 aromatic rings. The number of carbonyl (C=O) groups excluding carboxylic acids is 1. The minimum atomic E-state index is -1.13. The van der Waals surface area contributed by atoms with Crippen LogP contribution in [0.4, 0.5) is 5.69 Å². The molecule has 1 amide bonds. The summed E-state index contributed by atoms with van der Waals surface area (Å²) in [7, 11) is 2.91. The molecule has 0 spiro atoms. The van der Waals surface area contributed by atoms with E-state index in [0.717, 1.165) is 0 Å². The maximum atomic E-state index is 12.2. The molecule has 0 saturated heterocycles. The smallest absolute Gasteiger partial charge is 0.254 e. The van der Waals surface area contributed by atoms with Crippen LogP contribution in [0, 0.1) is 0 Å². The van der Waals surface area contributed by atoms with Gasteiger partial charge < -0.3 is 30.7 Å². The molecule has 0 bridgehead atoms. The summed E-state index contributed by atoms with van der Waals surface area (Å²) in [5.41, 5.74) is 5.06. The van der Waals surface area contributed by atoms with E-state index >= 15 is 0 Å². The number of amides is 1. The van der Waals surface area contributed by atoms with Crippen LogP contribution in [-0.4, -0.2) is 49.1 Å². The lowest BCUT2D eigenvalue weighted by Crippen LogP contribution is -2.51. The fourth-order valence-corrected chi connectivity index (χ4v) is 1.56. The fraction of sp³-hybridized carbons (Fsp3) is 0.462. The van der Waals surface area contributed by atoms with Gasteiger partial charge in [0.25, 0.3) is 5.91 Å². The molecule has 1 aromatic carbocycles. The number of hydrogen-bond acceptors (Lipinski definition) is 6. The second-order valence-electron chi connectivity index (χ2n) is 4.63. The van der Waals surface area contributed by atoms with E-state index < -0.39 is 24.7 Å². The Kier molecular flexibility index (Phi) is 5.18. The number of rotatable bonds is 6. The van der Waals surface area contributed by atoms with Crippen LogP contribution in [0.2, 0.25) is 0 Å². The molecule has 0 aliphatic carbocycles. The first-order valence-corrected chi connectivity index (χ1v) is 5.96. The number of anilines is 1. The van der Waals surface area contributed by atoms with E-state index in [1.165, 1.54) is 33.3 Å². The highest BCUT2D eigenvalue weighted by Gasteiger charge is 2.26. The summed E-state index contributed by atoms with van der Waals surface area (Å²) in [6.45, 7) is 0.715. The molecule has 1 rings (SSSR count). The minimum absolute atomic E-state index is 0.177. The van der Waals surface area contributed by atoms with Gasteiger partial charge in [0.15, 0.2) is 11.5 Å². The Bertz CT molecular complexity index is 486. The van der Waals surface area contributed by atoms with E-state index in [1.807, 2.05) is 0 Å². The van der Waals surface area contributed by atoms with Gasteiger partial charge in [0, 0.05) is 11.8 Å². The molecule has 0 radical (unpaired) electrons. The lowest BCUT2D eigenvalue weighted by Gasteiger charge is -2.26. The third-order valence-corrected chi connectivity index (χ3v) is 2.91. The van der Waals surface area contributed by atoms with Crippen LogP contribution in [0.25, 0.3) is 0 Å². The number of aliphatic hydroxyl groups excluding tert-OH is 2. The summed E-state index contributed by atoms with van der Waals surface area (Å²) in [6.07, 6.45) is 0. The van der Waals surface area contributed by atoms with Crippen molar-refractivity contribution >= 4 is 11.6 Å². The van der Waals surface area contributed by atoms with Gasteiger partial charge in [0.2, 0.25) is 0 Å². The number of nitrogen functional groups attached to an aromatic ring is 1. The number of nitrogens with one attached hydrogen (secondary N) is 1. The molecule has 0 fully saturated rings. The van der Waals surface area contributed by atoms with E-state index in [9.17, 15) is 15.0 Å². The average Bonchev–Trinajstić information content (AvgIpc) is 2.46. The van der Waals surface area contributed by atoms with Crippen LogP contribution >= 0.6 is 0 Å². The molecule has 7 heteroatoms. The second-order valence-corrected chi connectivity index (χ2v) is 4.63. The Hall–Kier alpha value is -1.99. The van der Waals surface area contributed by atoms with E-state index in [0.29, 0.717) is 11.5 Å². The van der Waals surface area contributed by atoms with Crippen molar-refractivity contribution < 1.29 is 24.5 Å². The third-order valence-electron chi connectivity index (χ3n) is 2.91. The van der Waals surface area contributed by atoms with Crippen molar-refractivity contribution in [1.29, 1.82) is 0 Å². The summed E-state index contributed by atoms with van der Waals surface area (Å²) in [4.78, 5) is 12.2. The molecule has 0 aliphatic heterocycles. The topological polar surface area (TPSA) is 114 Å². The molecule has 0 atom stereocenters. The molecular weight excluding hydrogens is 264 g/mol. The van der Waals surface area contributed by atoms with Crippen LogP contribution in [0.3, 0.4) is 0 Å². The Labute approximate surface area is 117 Å². The van der Waals surface area contributed by atoms with Gasteiger partial charge in [-0.3, -0.25) is 4.79 Å². The van der Waals surface area contributed by atoms with Gasteiger partial charge in [-0.15, -0.1) is 0 Å². The zero-order valence-electron chi connectivity index (χ0n) is 11.8. The zero-order valence-corrected chi connectivity index (χ0v) is 11.8. The first-order valence-electron chi connectivity index (χ1n) is 5.96. The normalized spacial score (nSPS) is 11.1. The molecular formula is C13H20N2O5. The van der Waals surface area contributed by atoms with Crippen molar-refractivity contribution in [3.05, 3.63) is 17.7 Å². The predicted octanol–water partition coefficient (Wildman–Crippen LogP) is -0.241. The van der Waals surface area contributed by atoms with Crippen molar-refractivity contribution in [3.8, 4) is 11.5 Å². The van der Waals surface area contributed by atoms with Gasteiger partial charge in [-0.2, -0.15) is 0 Å². The second kappa shape index (κ2) is 6.44. The van der Waals surface area contributed by atoms with Crippen molar-refractivity contribution in [3.63, 3.8) is 0 Å². The summed E-state index contributed by atoms with van der Waals surface area (Å²) in [5, 5.41) is 20.9. The largest absolute Gasteiger partial charge is 0.493 e. The van der Waals surface area contributed by atoms with Crippen LogP contribution in [0.1, 0.15) is 17.3 Å². The van der Waals surface area contributed by atoms with Gasteiger partial charge in [-0.1, -0.05) is 0 Å². The molecule has 0 unspecified atom stereocenters. The molecule has 20 heavy (non-hydrogen) atoms. The van der Waals surface area contributed by atoms with Crippen molar-refractivity contribution in [2.75, 3.05) is 33.2 Å². The van der Waals surface area contributed by atoms with Gasteiger partial charge in [-0.25, -0.2) is 0 Å². The summed E-state index contributed by atoms with van der Waals surface area (Å²) >= 11 is 0. The lowest BCUT2D eigenvalue weighted by atomic mass is 10.0. The molecule has 0 aromatic heterocycles. The third kappa shape index (κ3) is 3.31. The predicted molar refractivity (Wildman–Crippen MR) is 74.0 cm³/mol. The molecule has 0 aliphatic rings. The molecule has 112 valence electrons. The number of nitrogens with two attached hydrogens (primary N) is 1. The number of hydrogen-bond donors (Lipinski definition) is 4. The number of benzene rings is 1. The Morgan fingerprint density at radius 2 is 1.75 bits per heavy atom. The van der Waals surface area contributed by atoms with E-state index in [-0.39, 0.29) is 11.3 Å².